The van der Waals surface area contributed by atoms with Crippen LogP contribution in [0.25, 0.3) is 5.57 Å². The molecule has 0 aliphatic carbocycles. The Morgan fingerprint density at radius 3 is 2.52 bits per heavy atom. The molecule has 1 aromatic heterocycles. The molecule has 1 aliphatic heterocycles. The Morgan fingerprint density at radius 1 is 1.08 bits per heavy atom. The van der Waals surface area contributed by atoms with E-state index in [1.54, 1.807) is 0 Å². The molecule has 1 aromatic carbocycles. The van der Waals surface area contributed by atoms with E-state index in [2.05, 4.69) is 13.5 Å². The third-order valence-electron chi connectivity index (χ3n) is 4.88. The molecule has 0 bridgehead atoms. The minimum Gasteiger partial charge on any atom is -0.480 e. The first-order valence-electron chi connectivity index (χ1n) is 9.20. The minimum absolute atomic E-state index is 0.306. The quantitative estimate of drug-likeness (QED) is 0.616. The van der Waals surface area contributed by atoms with Crippen LogP contribution in [-0.2, 0) is 6.42 Å². The average Bonchev–Trinajstić information content (AvgIpc) is 2.96. The molecule has 1 unspecified atom stereocenters. The Morgan fingerprint density at radius 2 is 1.80 bits per heavy atom. The summed E-state index contributed by atoms with van der Waals surface area (Å²) in [5.74, 6) is 1.35. The van der Waals surface area contributed by atoms with Crippen molar-refractivity contribution in [2.45, 2.75) is 58.5 Å². The lowest BCUT2D eigenvalue weighted by molar-refractivity contribution is 0.277. The monoisotopic (exact) mass is 338 g/mol. The van der Waals surface area contributed by atoms with Crippen LogP contribution in [0.4, 0.5) is 0 Å². The molecule has 0 N–H and O–H groups in total. The summed E-state index contributed by atoms with van der Waals surface area (Å²) in [7, 11) is 0. The first-order valence-corrected chi connectivity index (χ1v) is 9.20. The molecule has 2 aromatic rings. The van der Waals surface area contributed by atoms with Crippen molar-refractivity contribution in [3.05, 3.63) is 69.8 Å². The van der Waals surface area contributed by atoms with Crippen molar-refractivity contribution >= 4 is 5.57 Å². The average molecular weight is 338 g/mol. The van der Waals surface area contributed by atoms with Gasteiger partial charge in [0.05, 0.1) is 0 Å². The van der Waals surface area contributed by atoms with E-state index in [-0.39, 0.29) is 11.7 Å². The van der Waals surface area contributed by atoms with Gasteiger partial charge in [-0.3, -0.25) is 0 Å². The number of fused-ring (bicyclic) bond motifs is 1. The van der Waals surface area contributed by atoms with E-state index in [1.807, 2.05) is 37.3 Å². The minimum atomic E-state index is -0.342. The van der Waals surface area contributed by atoms with Crippen LogP contribution in [-0.4, -0.2) is 0 Å². The molecule has 3 nitrogen and oxygen atoms in total. The molecule has 3 rings (SSSR count). The lowest BCUT2D eigenvalue weighted by Crippen LogP contribution is -2.08. The fraction of sp³-hybridized carbons (Fsp3) is 0.409. The second-order valence-electron chi connectivity index (χ2n) is 6.73. The number of aryl methyl sites for hydroxylation is 1. The molecule has 25 heavy (non-hydrogen) atoms. The van der Waals surface area contributed by atoms with Crippen LogP contribution in [0.5, 0.6) is 5.75 Å². The number of unbranched alkanes of at least 4 members (excludes halogenated alkanes) is 4. The van der Waals surface area contributed by atoms with Gasteiger partial charge in [-0.05, 0) is 25.3 Å². The number of hydrogen-bond acceptors (Lipinski definition) is 3. The molecule has 0 radical (unpaired) electrons. The van der Waals surface area contributed by atoms with Crippen molar-refractivity contribution in [3.8, 4) is 5.75 Å². The highest BCUT2D eigenvalue weighted by Gasteiger charge is 2.34. The maximum atomic E-state index is 12.4. The number of rotatable bonds is 7. The molecule has 2 heterocycles. The summed E-state index contributed by atoms with van der Waals surface area (Å²) in [5, 5.41) is 0. The van der Waals surface area contributed by atoms with E-state index in [0.29, 0.717) is 22.6 Å². The standard InChI is InChI=1S/C22H26O3/c1-4-5-6-7-11-14-18-16(3)24-22(23)19-15(2)20(25-21(18)19)17-12-9-8-10-13-17/h8-10,12-13,20H,2,4-7,11,14H2,1,3H3. The van der Waals surface area contributed by atoms with Gasteiger partial charge in [0.25, 0.3) is 0 Å². The van der Waals surface area contributed by atoms with Crippen molar-refractivity contribution in [3.63, 3.8) is 0 Å². The van der Waals surface area contributed by atoms with Crippen LogP contribution in [0.3, 0.4) is 0 Å². The van der Waals surface area contributed by atoms with Gasteiger partial charge in [0.15, 0.2) is 0 Å². The second kappa shape index (κ2) is 7.73. The lowest BCUT2D eigenvalue weighted by Gasteiger charge is -2.13. The summed E-state index contributed by atoms with van der Waals surface area (Å²) in [4.78, 5) is 12.4. The molecule has 1 atom stereocenters. The Hall–Kier alpha value is -2.29. The zero-order valence-electron chi connectivity index (χ0n) is 15.1. The molecule has 0 saturated carbocycles. The molecule has 0 fully saturated rings. The van der Waals surface area contributed by atoms with Gasteiger partial charge in [-0.15, -0.1) is 0 Å². The smallest absolute Gasteiger partial charge is 0.347 e. The van der Waals surface area contributed by atoms with E-state index < -0.39 is 0 Å². The van der Waals surface area contributed by atoms with Crippen molar-refractivity contribution in [1.29, 1.82) is 0 Å². The SMILES string of the molecule is C=C1c2c(c(CCCCCCC)c(C)oc2=O)OC1c1ccccc1. The molecule has 0 amide bonds. The van der Waals surface area contributed by atoms with Gasteiger partial charge in [-0.25, -0.2) is 4.79 Å². The van der Waals surface area contributed by atoms with Crippen molar-refractivity contribution in [2.75, 3.05) is 0 Å². The number of benzene rings is 1. The summed E-state index contributed by atoms with van der Waals surface area (Å²) in [5.41, 5.74) is 2.90. The van der Waals surface area contributed by atoms with Crippen LogP contribution in [0.2, 0.25) is 0 Å². The van der Waals surface area contributed by atoms with Crippen molar-refractivity contribution in [2.24, 2.45) is 0 Å². The van der Waals surface area contributed by atoms with E-state index in [0.717, 1.165) is 24.0 Å². The summed E-state index contributed by atoms with van der Waals surface area (Å²) in [6, 6.07) is 9.91. The third kappa shape index (κ3) is 3.55. The van der Waals surface area contributed by atoms with Crippen LogP contribution < -0.4 is 10.4 Å². The van der Waals surface area contributed by atoms with Gasteiger partial charge in [0.1, 0.15) is 23.2 Å². The zero-order chi connectivity index (χ0) is 17.8. The third-order valence-corrected chi connectivity index (χ3v) is 4.88. The molecule has 1 aliphatic rings. The van der Waals surface area contributed by atoms with E-state index in [1.165, 1.54) is 25.7 Å². The molecule has 0 spiro atoms. The summed E-state index contributed by atoms with van der Waals surface area (Å²) >= 11 is 0. The van der Waals surface area contributed by atoms with Crippen LogP contribution in [0.15, 0.2) is 46.1 Å². The first-order chi connectivity index (χ1) is 12.1. The molecular formula is C22H26O3. The fourth-order valence-electron chi connectivity index (χ4n) is 3.47. The molecule has 132 valence electrons. The van der Waals surface area contributed by atoms with Crippen molar-refractivity contribution < 1.29 is 9.15 Å². The maximum absolute atomic E-state index is 12.4. The zero-order valence-corrected chi connectivity index (χ0v) is 15.1. The first kappa shape index (κ1) is 17.5. The molecule has 0 saturated heterocycles. The fourth-order valence-corrected chi connectivity index (χ4v) is 3.47. The Labute approximate surface area is 149 Å². The molecule has 3 heteroatoms. The normalized spacial score (nSPS) is 15.9. The molecular weight excluding hydrogens is 312 g/mol. The predicted molar refractivity (Wildman–Crippen MR) is 101 cm³/mol. The largest absolute Gasteiger partial charge is 0.480 e. The summed E-state index contributed by atoms with van der Waals surface area (Å²) < 4.78 is 11.7. The van der Waals surface area contributed by atoms with Gasteiger partial charge >= 0.3 is 5.63 Å². The van der Waals surface area contributed by atoms with E-state index in [4.69, 9.17) is 9.15 Å². The number of ether oxygens (including phenoxy) is 1. The topological polar surface area (TPSA) is 39.4 Å². The Kier molecular flexibility index (Phi) is 5.42. The Balaban J connectivity index is 1.87. The lowest BCUT2D eigenvalue weighted by atomic mass is 9.98. The van der Waals surface area contributed by atoms with Crippen molar-refractivity contribution in [1.82, 2.24) is 0 Å². The van der Waals surface area contributed by atoms with Gasteiger partial charge in [0.2, 0.25) is 0 Å². The summed E-state index contributed by atoms with van der Waals surface area (Å²) in [6.07, 6.45) is 6.57. The van der Waals surface area contributed by atoms with Gasteiger partial charge in [-0.1, -0.05) is 69.5 Å². The predicted octanol–water partition coefficient (Wildman–Crippen LogP) is 5.61. The highest BCUT2D eigenvalue weighted by Crippen LogP contribution is 2.45. The van der Waals surface area contributed by atoms with Gasteiger partial charge < -0.3 is 9.15 Å². The highest BCUT2D eigenvalue weighted by atomic mass is 16.5. The van der Waals surface area contributed by atoms with Crippen LogP contribution in [0.1, 0.15) is 67.6 Å². The Bertz CT molecular complexity index is 802. The van der Waals surface area contributed by atoms with Gasteiger partial charge in [0, 0.05) is 11.1 Å². The second-order valence-corrected chi connectivity index (χ2v) is 6.73. The van der Waals surface area contributed by atoms with Crippen LogP contribution in [0, 0.1) is 6.92 Å². The van der Waals surface area contributed by atoms with Crippen LogP contribution >= 0.6 is 0 Å². The van der Waals surface area contributed by atoms with E-state index in [9.17, 15) is 4.79 Å². The van der Waals surface area contributed by atoms with Gasteiger partial charge in [-0.2, -0.15) is 0 Å². The number of hydrogen-bond donors (Lipinski definition) is 0. The maximum Gasteiger partial charge on any atom is 0.347 e. The highest BCUT2D eigenvalue weighted by molar-refractivity contribution is 5.77. The van der Waals surface area contributed by atoms with E-state index >= 15 is 0 Å². The summed E-state index contributed by atoms with van der Waals surface area (Å²) in [6.45, 7) is 8.19.